The van der Waals surface area contributed by atoms with Crippen molar-refractivity contribution in [2.45, 2.75) is 0 Å². The summed E-state index contributed by atoms with van der Waals surface area (Å²) in [5.74, 6) is 0. The maximum absolute atomic E-state index is 6.37. The van der Waals surface area contributed by atoms with Gasteiger partial charge in [0.2, 0.25) is 0 Å². The molecule has 0 fully saturated rings. The highest BCUT2D eigenvalue weighted by atomic mass is 16.3. The minimum atomic E-state index is 0.893. The molecule has 0 amide bonds. The molecule has 0 aliphatic heterocycles. The average molecular weight is 436 g/mol. The van der Waals surface area contributed by atoms with Crippen molar-refractivity contribution in [1.82, 2.24) is 0 Å². The van der Waals surface area contributed by atoms with E-state index >= 15 is 0 Å². The first-order valence-electron chi connectivity index (χ1n) is 11.5. The molecule has 0 saturated heterocycles. The highest BCUT2D eigenvalue weighted by Gasteiger charge is 2.19. The van der Waals surface area contributed by atoms with Gasteiger partial charge in [0.1, 0.15) is 11.2 Å². The molecular formula is C32H21NO. The van der Waals surface area contributed by atoms with Crippen LogP contribution in [-0.4, -0.2) is 0 Å². The van der Waals surface area contributed by atoms with Gasteiger partial charge in [-0.3, -0.25) is 0 Å². The first-order valence-corrected chi connectivity index (χ1v) is 11.5. The second kappa shape index (κ2) is 7.50. The fourth-order valence-electron chi connectivity index (χ4n) is 5.00. The highest BCUT2D eigenvalue weighted by Crippen LogP contribution is 2.43. The lowest BCUT2D eigenvalue weighted by Crippen LogP contribution is -2.10. The Kier molecular flexibility index (Phi) is 4.18. The van der Waals surface area contributed by atoms with Crippen LogP contribution in [0.25, 0.3) is 43.5 Å². The molecule has 34 heavy (non-hydrogen) atoms. The van der Waals surface area contributed by atoms with Crippen LogP contribution in [0, 0.1) is 0 Å². The molecule has 0 aliphatic carbocycles. The molecule has 7 rings (SSSR count). The van der Waals surface area contributed by atoms with Gasteiger partial charge in [-0.2, -0.15) is 0 Å². The molecule has 0 atom stereocenters. The van der Waals surface area contributed by atoms with E-state index in [1.165, 1.54) is 21.5 Å². The first kappa shape index (κ1) is 19.0. The minimum Gasteiger partial charge on any atom is -0.456 e. The van der Waals surface area contributed by atoms with Gasteiger partial charge in [-0.1, -0.05) is 78.9 Å². The van der Waals surface area contributed by atoms with E-state index in [1.807, 2.05) is 0 Å². The van der Waals surface area contributed by atoms with E-state index in [1.54, 1.807) is 0 Å². The summed E-state index contributed by atoms with van der Waals surface area (Å²) in [6.45, 7) is 0. The van der Waals surface area contributed by atoms with Crippen LogP contribution in [0.3, 0.4) is 0 Å². The molecule has 0 N–H and O–H groups in total. The van der Waals surface area contributed by atoms with Crippen molar-refractivity contribution in [3.63, 3.8) is 0 Å². The molecule has 6 aromatic carbocycles. The SMILES string of the molecule is c1ccc(N(c2ccc3ccccc3c2)c2cccc3oc4cc5ccccc5cc4c23)cc1. The smallest absolute Gasteiger partial charge is 0.137 e. The van der Waals surface area contributed by atoms with Gasteiger partial charge in [0.25, 0.3) is 0 Å². The molecule has 1 aromatic heterocycles. The van der Waals surface area contributed by atoms with E-state index in [2.05, 4.69) is 132 Å². The molecule has 160 valence electrons. The first-order chi connectivity index (χ1) is 16.8. The van der Waals surface area contributed by atoms with E-state index < -0.39 is 0 Å². The standard InChI is InChI=1S/C32H21NO/c1-2-13-26(14-3-1)33(27-18-17-22-9-4-5-10-23(22)19-27)29-15-8-16-30-32(29)28-20-24-11-6-7-12-25(24)21-31(28)34-30/h1-21H. The largest absolute Gasteiger partial charge is 0.456 e. The Hall–Kier alpha value is -4.56. The monoisotopic (exact) mass is 435 g/mol. The zero-order valence-corrected chi connectivity index (χ0v) is 18.5. The number of rotatable bonds is 3. The van der Waals surface area contributed by atoms with Crippen LogP contribution in [0.15, 0.2) is 132 Å². The van der Waals surface area contributed by atoms with Crippen LogP contribution in [0.2, 0.25) is 0 Å². The van der Waals surface area contributed by atoms with Crippen molar-refractivity contribution < 1.29 is 4.42 Å². The van der Waals surface area contributed by atoms with Gasteiger partial charge in [-0.05, 0) is 70.1 Å². The maximum Gasteiger partial charge on any atom is 0.137 e. The lowest BCUT2D eigenvalue weighted by molar-refractivity contribution is 0.669. The second-order valence-electron chi connectivity index (χ2n) is 8.65. The lowest BCUT2D eigenvalue weighted by Gasteiger charge is -2.26. The van der Waals surface area contributed by atoms with Gasteiger partial charge in [-0.25, -0.2) is 0 Å². The van der Waals surface area contributed by atoms with Crippen molar-refractivity contribution in [1.29, 1.82) is 0 Å². The number of furan rings is 1. The molecule has 0 saturated carbocycles. The highest BCUT2D eigenvalue weighted by molar-refractivity contribution is 6.16. The van der Waals surface area contributed by atoms with Crippen LogP contribution in [0.1, 0.15) is 0 Å². The summed E-state index contributed by atoms with van der Waals surface area (Å²) in [5, 5.41) is 7.11. The van der Waals surface area contributed by atoms with Crippen LogP contribution < -0.4 is 4.90 Å². The van der Waals surface area contributed by atoms with Gasteiger partial charge in [0.05, 0.1) is 11.1 Å². The minimum absolute atomic E-state index is 0.893. The number of hydrogen-bond donors (Lipinski definition) is 0. The predicted molar refractivity (Wildman–Crippen MR) is 143 cm³/mol. The quantitative estimate of drug-likeness (QED) is 0.275. The summed E-state index contributed by atoms with van der Waals surface area (Å²) in [6, 6.07) is 44.9. The van der Waals surface area contributed by atoms with Crippen LogP contribution >= 0.6 is 0 Å². The van der Waals surface area contributed by atoms with Crippen molar-refractivity contribution in [2.75, 3.05) is 4.90 Å². The van der Waals surface area contributed by atoms with Gasteiger partial charge in [0.15, 0.2) is 0 Å². The third kappa shape index (κ3) is 2.96. The number of hydrogen-bond acceptors (Lipinski definition) is 2. The van der Waals surface area contributed by atoms with Crippen LogP contribution in [0.4, 0.5) is 17.1 Å². The molecule has 2 heteroatoms. The Balaban J connectivity index is 1.55. The molecule has 0 radical (unpaired) electrons. The summed E-state index contributed by atoms with van der Waals surface area (Å²) in [4.78, 5) is 2.33. The fraction of sp³-hybridized carbons (Fsp3) is 0. The molecule has 0 spiro atoms. The van der Waals surface area contributed by atoms with Gasteiger partial charge >= 0.3 is 0 Å². The third-order valence-electron chi connectivity index (χ3n) is 6.59. The van der Waals surface area contributed by atoms with Crippen molar-refractivity contribution in [3.8, 4) is 0 Å². The Morgan fingerprint density at radius 3 is 1.91 bits per heavy atom. The fourth-order valence-corrected chi connectivity index (χ4v) is 5.00. The molecular weight excluding hydrogens is 414 g/mol. The topological polar surface area (TPSA) is 16.4 Å². The van der Waals surface area contributed by atoms with Gasteiger partial charge < -0.3 is 9.32 Å². The lowest BCUT2D eigenvalue weighted by atomic mass is 10.0. The number of para-hydroxylation sites is 1. The van der Waals surface area contributed by atoms with Crippen LogP contribution in [-0.2, 0) is 0 Å². The van der Waals surface area contributed by atoms with Crippen molar-refractivity contribution >= 4 is 60.5 Å². The summed E-state index contributed by atoms with van der Waals surface area (Å²) < 4.78 is 6.37. The van der Waals surface area contributed by atoms with Crippen LogP contribution in [0.5, 0.6) is 0 Å². The van der Waals surface area contributed by atoms with E-state index in [-0.39, 0.29) is 0 Å². The van der Waals surface area contributed by atoms with E-state index in [4.69, 9.17) is 4.42 Å². The Morgan fingerprint density at radius 2 is 1.12 bits per heavy atom. The number of nitrogens with zero attached hydrogens (tertiary/aromatic N) is 1. The number of fused-ring (bicyclic) bond motifs is 5. The normalized spacial score (nSPS) is 11.5. The molecule has 7 aromatic rings. The number of anilines is 3. The molecule has 0 bridgehead atoms. The Morgan fingerprint density at radius 1 is 0.441 bits per heavy atom. The molecule has 2 nitrogen and oxygen atoms in total. The molecule has 0 aliphatic rings. The Bertz CT molecular complexity index is 1810. The summed E-state index contributed by atoms with van der Waals surface area (Å²) >= 11 is 0. The number of benzene rings is 6. The third-order valence-corrected chi connectivity index (χ3v) is 6.59. The Labute approximate surface area is 197 Å². The van der Waals surface area contributed by atoms with Crippen molar-refractivity contribution in [3.05, 3.63) is 127 Å². The van der Waals surface area contributed by atoms with Gasteiger partial charge in [0, 0.05) is 16.8 Å². The summed E-state index contributed by atoms with van der Waals surface area (Å²) in [5.41, 5.74) is 5.14. The predicted octanol–water partition coefficient (Wildman–Crippen LogP) is 9.36. The maximum atomic E-state index is 6.37. The van der Waals surface area contributed by atoms with E-state index in [0.29, 0.717) is 0 Å². The van der Waals surface area contributed by atoms with Gasteiger partial charge in [-0.15, -0.1) is 0 Å². The average Bonchev–Trinajstić information content (AvgIpc) is 3.26. The zero-order chi connectivity index (χ0) is 22.5. The molecule has 0 unspecified atom stereocenters. The summed E-state index contributed by atoms with van der Waals surface area (Å²) in [7, 11) is 0. The molecule has 1 heterocycles. The second-order valence-corrected chi connectivity index (χ2v) is 8.65. The zero-order valence-electron chi connectivity index (χ0n) is 18.5. The summed E-state index contributed by atoms with van der Waals surface area (Å²) in [6.07, 6.45) is 0. The van der Waals surface area contributed by atoms with E-state index in [0.717, 1.165) is 39.0 Å². The van der Waals surface area contributed by atoms with E-state index in [9.17, 15) is 0 Å². The van der Waals surface area contributed by atoms with Crippen molar-refractivity contribution in [2.24, 2.45) is 0 Å².